The standard InChI is InChI=1S/C25H34N4O5S2.C24H32N4O5S2.C20H26N4O3S2/c1-24(2,3)34-23(31)28-36(33,19-14-26-21(35-19)25(4,5)32)27-22(30)29(6)20-17-11-7-9-15(17)13-16-10-8-12-18(16)20;1-23(2,3)33-22(30)28-35(32,18-13-25-20(34-18)24(4,5)31)27-21(29)26-19-16-10-6-8-14(16)12-15-9-7-11-17(15)19;1-20(2,26)18-22-11-16(28-18)29(21,27)23-19(25)24(3)17-14-8-4-6-12(14)10-13-7-5-9-15(13)17/h13-14,32H,7-12H2,1-6H3,(H,27,28,30,31,33);12-13,31H,6-11H2,1-5H3,(H2,26,27,28,29,30,32);10-11,26H,4-9H2,1-3H3,(H2,21,23,25,27). The number of ether oxygens (including phenoxy) is 2. The molecule has 0 saturated heterocycles. The van der Waals surface area contributed by atoms with Crippen LogP contribution in [0.3, 0.4) is 0 Å². The van der Waals surface area contributed by atoms with E-state index in [0.717, 1.165) is 189 Å². The molecule has 6 aliphatic rings. The van der Waals surface area contributed by atoms with Gasteiger partial charge in [0.1, 0.15) is 55.7 Å². The number of benzene rings is 3. The summed E-state index contributed by atoms with van der Waals surface area (Å²) in [5.41, 5.74) is 11.7. The first kappa shape index (κ1) is 75.8. The van der Waals surface area contributed by atoms with E-state index < -0.39 is 88.0 Å². The van der Waals surface area contributed by atoms with Gasteiger partial charge in [0, 0.05) is 19.8 Å². The third-order valence-electron chi connectivity index (χ3n) is 17.6. The lowest BCUT2D eigenvalue weighted by Gasteiger charge is -2.23. The SMILES string of the molecule is CC(C)(C)OC(=O)NS(=O)(=NC(=O)Nc1c2c(cc3c1CCC3)CCC2)c1cnc(C(C)(C)O)s1.CN(C(=O)N=S(=O)(NC(=O)OC(C)(C)C)c1cnc(C(C)(C)O)s1)c1c2c(cc3c1CCC3)CCC2.CN(C(=O)N=S(N)(=O)c1cnc(C(C)(C)O)s1)c1c2c(cc3c1CCC3)CCC2. The van der Waals surface area contributed by atoms with Gasteiger partial charge < -0.3 is 30.1 Å². The normalized spacial score (nSPS) is 16.9. The van der Waals surface area contributed by atoms with Gasteiger partial charge in [-0.05, 0) is 265 Å². The predicted molar refractivity (Wildman–Crippen MR) is 390 cm³/mol. The molecule has 0 radical (unpaired) electrons. The molecule has 3 unspecified atom stereocenters. The van der Waals surface area contributed by atoms with Gasteiger partial charge in [-0.25, -0.2) is 66.1 Å². The molecule has 3 aromatic heterocycles. The van der Waals surface area contributed by atoms with Crippen LogP contribution in [0.4, 0.5) is 41.0 Å². The number of hydrogen-bond donors (Lipinski definition) is 7. The Bertz CT molecular complexity index is 4550. The summed E-state index contributed by atoms with van der Waals surface area (Å²) in [5, 5.41) is 40.5. The second kappa shape index (κ2) is 28.8. The van der Waals surface area contributed by atoms with Gasteiger partial charge in [0.25, 0.3) is 0 Å². The maximum atomic E-state index is 14.1. The fourth-order valence-corrected chi connectivity index (χ4v) is 20.6. The number of hydrogen-bond acceptors (Lipinski definition) is 19. The zero-order valence-corrected chi connectivity index (χ0v) is 64.1. The molecule has 25 nitrogen and oxygen atoms in total. The number of urea groups is 3. The molecule has 542 valence electrons. The molecule has 3 atom stereocenters. The quantitative estimate of drug-likeness (QED) is 0.0633. The summed E-state index contributed by atoms with van der Waals surface area (Å²) in [4.78, 5) is 80.1. The molecule has 3 aromatic carbocycles. The fourth-order valence-electron chi connectivity index (χ4n) is 13.3. The molecule has 0 fully saturated rings. The average Bonchev–Trinajstić information content (AvgIpc) is 1.36. The van der Waals surface area contributed by atoms with Crippen LogP contribution in [0.15, 0.2) is 62.5 Å². The number of aryl methyl sites for hydroxylation is 6. The molecule has 0 aliphatic heterocycles. The number of fused-ring (bicyclic) bond motifs is 6. The van der Waals surface area contributed by atoms with E-state index in [9.17, 15) is 51.9 Å². The molecule has 100 heavy (non-hydrogen) atoms. The van der Waals surface area contributed by atoms with Gasteiger partial charge >= 0.3 is 30.3 Å². The number of anilines is 3. The predicted octanol–water partition coefficient (Wildman–Crippen LogP) is 13.0. The van der Waals surface area contributed by atoms with Crippen LogP contribution in [0.25, 0.3) is 0 Å². The minimum Gasteiger partial charge on any atom is -0.443 e. The highest BCUT2D eigenvalue weighted by molar-refractivity contribution is 7.95. The number of rotatable bonds is 11. The molecular weight excluding hydrogens is 1400 g/mol. The number of carbonyl (C=O) groups is 5. The summed E-state index contributed by atoms with van der Waals surface area (Å²) in [6.07, 6.45) is 19.5. The van der Waals surface area contributed by atoms with E-state index in [1.165, 1.54) is 72.9 Å². The Hall–Kier alpha value is -6.81. The van der Waals surface area contributed by atoms with Crippen LogP contribution in [-0.4, -0.2) is 98.5 Å². The van der Waals surface area contributed by atoms with Gasteiger partial charge in [-0.1, -0.05) is 18.2 Å². The number of nitrogens with zero attached hydrogens (tertiary/aromatic N) is 8. The van der Waals surface area contributed by atoms with E-state index in [1.54, 1.807) is 97.2 Å². The lowest BCUT2D eigenvalue weighted by atomic mass is 9.98. The highest BCUT2D eigenvalue weighted by atomic mass is 32.2. The van der Waals surface area contributed by atoms with E-state index in [-0.39, 0.29) is 22.6 Å². The number of thiazole rings is 3. The summed E-state index contributed by atoms with van der Waals surface area (Å²) >= 11 is 2.85. The van der Waals surface area contributed by atoms with Crippen LogP contribution in [0.5, 0.6) is 0 Å². The minimum atomic E-state index is -3.81. The van der Waals surface area contributed by atoms with E-state index in [1.807, 2.05) is 0 Å². The van der Waals surface area contributed by atoms with Crippen molar-refractivity contribution in [2.75, 3.05) is 29.2 Å². The third-order valence-corrected chi connectivity index (χ3v) is 27.8. The number of aliphatic hydroxyl groups is 3. The van der Waals surface area contributed by atoms with Gasteiger partial charge in [-0.15, -0.1) is 47.1 Å². The third kappa shape index (κ3) is 17.3. The molecule has 8 amide bonds. The summed E-state index contributed by atoms with van der Waals surface area (Å²) in [6, 6.07) is 4.64. The van der Waals surface area contributed by atoms with Crippen molar-refractivity contribution in [3.63, 3.8) is 0 Å². The van der Waals surface area contributed by atoms with Crippen molar-refractivity contribution in [3.05, 3.63) is 119 Å². The molecule has 3 heterocycles. The van der Waals surface area contributed by atoms with Gasteiger partial charge in [0.15, 0.2) is 29.7 Å². The Morgan fingerprint density at radius 2 is 0.750 bits per heavy atom. The van der Waals surface area contributed by atoms with Crippen molar-refractivity contribution in [2.24, 2.45) is 18.2 Å². The van der Waals surface area contributed by atoms with Crippen LogP contribution < -0.4 is 29.7 Å². The molecule has 0 bridgehead atoms. The zero-order valence-electron chi connectivity index (χ0n) is 59.2. The molecule has 31 heteroatoms. The van der Waals surface area contributed by atoms with Crippen molar-refractivity contribution in [1.82, 2.24) is 24.4 Å². The van der Waals surface area contributed by atoms with Crippen molar-refractivity contribution in [1.29, 1.82) is 0 Å². The first-order chi connectivity index (χ1) is 46.5. The van der Waals surface area contributed by atoms with Crippen LogP contribution >= 0.6 is 34.0 Å². The van der Waals surface area contributed by atoms with Crippen LogP contribution in [0.2, 0.25) is 0 Å². The van der Waals surface area contributed by atoms with E-state index in [4.69, 9.17) is 14.6 Å². The maximum absolute atomic E-state index is 14.1. The highest BCUT2D eigenvalue weighted by Crippen LogP contribution is 2.44. The number of carbonyl (C=O) groups excluding carboxylic acids is 5. The monoisotopic (exact) mass is 1490 g/mol. The minimum absolute atomic E-state index is 0.0409. The molecule has 0 spiro atoms. The van der Waals surface area contributed by atoms with Crippen LogP contribution in [0.1, 0.15) is 203 Å². The molecule has 12 rings (SSSR count). The number of nitrogens with two attached hydrogens (primary N) is 1. The summed E-state index contributed by atoms with van der Waals surface area (Å²) in [7, 11) is -7.73. The van der Waals surface area contributed by atoms with Crippen molar-refractivity contribution >= 4 is 111 Å². The first-order valence-corrected chi connectivity index (χ1v) is 40.6. The second-order valence-corrected chi connectivity index (χ2v) is 38.9. The Labute approximate surface area is 598 Å². The molecule has 6 aliphatic carbocycles. The van der Waals surface area contributed by atoms with Crippen molar-refractivity contribution in [2.45, 2.75) is 239 Å². The number of amides is 8. The lowest BCUT2D eigenvalue weighted by molar-refractivity contribution is 0.0559. The van der Waals surface area contributed by atoms with E-state index in [0.29, 0.717) is 5.01 Å². The number of aromatic nitrogens is 3. The molecular formula is C69H92N12O13S6. The smallest absolute Gasteiger partial charge is 0.420 e. The average molecular weight is 1490 g/mol. The largest absolute Gasteiger partial charge is 0.443 e. The first-order valence-electron chi connectivity index (χ1n) is 33.5. The summed E-state index contributed by atoms with van der Waals surface area (Å²) in [6.45, 7) is 19.4. The van der Waals surface area contributed by atoms with Crippen molar-refractivity contribution in [3.8, 4) is 0 Å². The molecule has 6 aromatic rings. The molecule has 0 saturated carbocycles. The topological polar surface area (TPSA) is 360 Å². The number of nitrogens with one attached hydrogen (secondary N) is 3. The Kier molecular flexibility index (Phi) is 21.8. The van der Waals surface area contributed by atoms with Crippen LogP contribution in [0, 0.1) is 0 Å². The highest BCUT2D eigenvalue weighted by Gasteiger charge is 2.36. The Morgan fingerprint density at radius 3 is 1.07 bits per heavy atom. The lowest BCUT2D eigenvalue weighted by Crippen LogP contribution is -2.37. The Morgan fingerprint density at radius 1 is 0.460 bits per heavy atom. The summed E-state index contributed by atoms with van der Waals surface area (Å²) in [5.74, 6) is 0. The van der Waals surface area contributed by atoms with Crippen molar-refractivity contribution < 1.29 is 61.4 Å². The fraction of sp³-hybridized carbons (Fsp3) is 0.536. The van der Waals surface area contributed by atoms with Gasteiger partial charge in [-0.3, -0.25) is 9.80 Å². The van der Waals surface area contributed by atoms with Gasteiger partial charge in [-0.2, -0.15) is 0 Å². The molecule has 8 N–H and O–H groups in total. The van der Waals surface area contributed by atoms with Gasteiger partial charge in [0.2, 0.25) is 0 Å². The van der Waals surface area contributed by atoms with E-state index in [2.05, 4.69) is 61.0 Å². The maximum Gasteiger partial charge on any atom is 0.420 e. The van der Waals surface area contributed by atoms with Gasteiger partial charge in [0.05, 0.1) is 30.0 Å². The second-order valence-electron chi connectivity index (χ2n) is 29.5. The zero-order chi connectivity index (χ0) is 73.0. The van der Waals surface area contributed by atoms with Crippen LogP contribution in [-0.2, 0) is 133 Å². The summed E-state index contributed by atoms with van der Waals surface area (Å²) < 4.78 is 68.4. The van der Waals surface area contributed by atoms with E-state index >= 15 is 0 Å². The Balaban J connectivity index is 0.000000163.